The number of carboxylic acid groups (broad SMARTS) is 1. The van der Waals surface area contributed by atoms with Crippen molar-refractivity contribution < 1.29 is 19.8 Å². The molecule has 6 heteroatoms. The van der Waals surface area contributed by atoms with E-state index in [9.17, 15) is 14.7 Å². The van der Waals surface area contributed by atoms with Gasteiger partial charge in [-0.2, -0.15) is 0 Å². The summed E-state index contributed by atoms with van der Waals surface area (Å²) in [5.74, 6) is -1.13. The molecule has 0 aromatic heterocycles. The number of anilines is 1. The minimum absolute atomic E-state index is 0.0154. The lowest BCUT2D eigenvalue weighted by molar-refractivity contribution is -0.137. The van der Waals surface area contributed by atoms with Gasteiger partial charge in [-0.3, -0.25) is 9.59 Å². The number of carbonyl (C=O) groups excluding carboxylic acids is 1. The van der Waals surface area contributed by atoms with E-state index in [4.69, 9.17) is 5.11 Å². The Kier molecular flexibility index (Phi) is 3.65. The van der Waals surface area contributed by atoms with Crippen molar-refractivity contribution in [2.45, 2.75) is 30.9 Å². The predicted octanol–water partition coefficient (Wildman–Crippen LogP) is 0.314. The Labute approximate surface area is 122 Å². The van der Waals surface area contributed by atoms with Crippen LogP contribution in [0.4, 0.5) is 5.69 Å². The number of para-hydroxylation sites is 1. The van der Waals surface area contributed by atoms with Gasteiger partial charge in [0.25, 0.3) is 0 Å². The topological polar surface area (TPSA) is 89.9 Å². The lowest BCUT2D eigenvalue weighted by Crippen LogP contribution is -2.43. The lowest BCUT2D eigenvalue weighted by Gasteiger charge is -2.21. The zero-order chi connectivity index (χ0) is 15.0. The second-order valence-corrected chi connectivity index (χ2v) is 5.65. The first-order valence-electron chi connectivity index (χ1n) is 7.10. The number of aliphatic carboxylic acids is 1. The summed E-state index contributed by atoms with van der Waals surface area (Å²) in [6, 6.07) is 7.04. The molecule has 21 heavy (non-hydrogen) atoms. The highest BCUT2D eigenvalue weighted by Crippen LogP contribution is 2.38. The minimum Gasteiger partial charge on any atom is -0.481 e. The Morgan fingerprint density at radius 3 is 2.76 bits per heavy atom. The molecule has 3 rings (SSSR count). The van der Waals surface area contributed by atoms with Crippen LogP contribution in [-0.4, -0.2) is 47.3 Å². The molecule has 0 saturated carbocycles. The van der Waals surface area contributed by atoms with E-state index in [0.29, 0.717) is 19.5 Å². The van der Waals surface area contributed by atoms with Crippen LogP contribution in [0.15, 0.2) is 24.3 Å². The first-order valence-corrected chi connectivity index (χ1v) is 7.10. The van der Waals surface area contributed by atoms with Gasteiger partial charge in [0.15, 0.2) is 0 Å². The van der Waals surface area contributed by atoms with E-state index in [1.165, 1.54) is 0 Å². The van der Waals surface area contributed by atoms with E-state index >= 15 is 0 Å². The molecule has 1 aromatic carbocycles. The molecule has 112 valence electrons. The average Bonchev–Trinajstić information content (AvgIpc) is 3.03. The number of hydrogen-bond acceptors (Lipinski definition) is 4. The van der Waals surface area contributed by atoms with Crippen LogP contribution in [0.5, 0.6) is 0 Å². The number of carboxylic acids is 1. The molecule has 3 atom stereocenters. The van der Waals surface area contributed by atoms with Crippen LogP contribution in [0.25, 0.3) is 0 Å². The smallest absolute Gasteiger partial charge is 0.304 e. The molecule has 2 heterocycles. The molecule has 0 radical (unpaired) electrons. The number of fused-ring (bicyclic) bond motifs is 1. The van der Waals surface area contributed by atoms with Crippen LogP contribution < -0.4 is 10.2 Å². The molecule has 1 amide bonds. The summed E-state index contributed by atoms with van der Waals surface area (Å²) in [5, 5.41) is 21.6. The maximum Gasteiger partial charge on any atom is 0.304 e. The Bertz CT molecular complexity index is 575. The number of aliphatic hydroxyl groups is 1. The number of carbonyl (C=O) groups is 2. The molecule has 0 aliphatic carbocycles. The summed E-state index contributed by atoms with van der Waals surface area (Å²) in [6.07, 6.45) is -0.0746. The largest absolute Gasteiger partial charge is 0.481 e. The number of benzene rings is 1. The Morgan fingerprint density at radius 1 is 1.33 bits per heavy atom. The number of amides is 1. The molecule has 6 nitrogen and oxygen atoms in total. The lowest BCUT2D eigenvalue weighted by atomic mass is 9.98. The molecule has 1 saturated heterocycles. The SMILES string of the molecule is O=C(O)CC1CN(C(=O)C2CC(O)CN2)c2ccccc21. The summed E-state index contributed by atoms with van der Waals surface area (Å²) >= 11 is 0. The van der Waals surface area contributed by atoms with Gasteiger partial charge in [0.2, 0.25) is 5.91 Å². The van der Waals surface area contributed by atoms with Crippen molar-refractivity contribution in [2.24, 2.45) is 0 Å². The summed E-state index contributed by atoms with van der Waals surface area (Å²) in [7, 11) is 0. The van der Waals surface area contributed by atoms with Gasteiger partial charge in [0, 0.05) is 24.7 Å². The molecule has 0 bridgehead atoms. The van der Waals surface area contributed by atoms with Crippen LogP contribution in [-0.2, 0) is 9.59 Å². The van der Waals surface area contributed by atoms with E-state index in [1.54, 1.807) is 4.90 Å². The van der Waals surface area contributed by atoms with Crippen molar-refractivity contribution >= 4 is 17.6 Å². The maximum atomic E-state index is 12.6. The van der Waals surface area contributed by atoms with Crippen molar-refractivity contribution in [1.82, 2.24) is 5.32 Å². The molecule has 3 unspecified atom stereocenters. The van der Waals surface area contributed by atoms with Crippen LogP contribution in [0.3, 0.4) is 0 Å². The predicted molar refractivity (Wildman–Crippen MR) is 76.2 cm³/mol. The highest BCUT2D eigenvalue weighted by molar-refractivity contribution is 5.99. The van der Waals surface area contributed by atoms with Crippen molar-refractivity contribution in [2.75, 3.05) is 18.0 Å². The number of aliphatic hydroxyl groups excluding tert-OH is 1. The van der Waals surface area contributed by atoms with Gasteiger partial charge in [0.1, 0.15) is 0 Å². The van der Waals surface area contributed by atoms with Gasteiger partial charge in [-0.1, -0.05) is 18.2 Å². The highest BCUT2D eigenvalue weighted by atomic mass is 16.4. The van der Waals surface area contributed by atoms with E-state index < -0.39 is 18.1 Å². The van der Waals surface area contributed by atoms with E-state index in [0.717, 1.165) is 11.3 Å². The summed E-state index contributed by atoms with van der Waals surface area (Å²) < 4.78 is 0. The normalized spacial score (nSPS) is 27.7. The van der Waals surface area contributed by atoms with Gasteiger partial charge >= 0.3 is 5.97 Å². The Balaban J connectivity index is 1.84. The fourth-order valence-electron chi connectivity index (χ4n) is 3.18. The van der Waals surface area contributed by atoms with Crippen molar-refractivity contribution in [3.05, 3.63) is 29.8 Å². The van der Waals surface area contributed by atoms with Crippen molar-refractivity contribution in [3.63, 3.8) is 0 Å². The van der Waals surface area contributed by atoms with Crippen LogP contribution in [0, 0.1) is 0 Å². The molecular weight excluding hydrogens is 272 g/mol. The third kappa shape index (κ3) is 2.64. The molecule has 2 aliphatic heterocycles. The zero-order valence-corrected chi connectivity index (χ0v) is 11.5. The third-order valence-electron chi connectivity index (χ3n) is 4.16. The molecule has 2 aliphatic rings. The summed E-state index contributed by atoms with van der Waals surface area (Å²) in [6.45, 7) is 0.809. The molecule has 3 N–H and O–H groups in total. The third-order valence-corrected chi connectivity index (χ3v) is 4.16. The van der Waals surface area contributed by atoms with Crippen LogP contribution in [0.2, 0.25) is 0 Å². The zero-order valence-electron chi connectivity index (χ0n) is 11.5. The number of nitrogens with zero attached hydrogens (tertiary/aromatic N) is 1. The Morgan fingerprint density at radius 2 is 2.10 bits per heavy atom. The van der Waals surface area contributed by atoms with Gasteiger partial charge in [-0.15, -0.1) is 0 Å². The first-order chi connectivity index (χ1) is 10.1. The number of nitrogens with one attached hydrogen (secondary N) is 1. The fourth-order valence-corrected chi connectivity index (χ4v) is 3.18. The quantitative estimate of drug-likeness (QED) is 0.745. The minimum atomic E-state index is -0.862. The van der Waals surface area contributed by atoms with Gasteiger partial charge in [-0.05, 0) is 18.1 Å². The average molecular weight is 290 g/mol. The summed E-state index contributed by atoms with van der Waals surface area (Å²) in [5.41, 5.74) is 1.70. The highest BCUT2D eigenvalue weighted by Gasteiger charge is 2.38. The van der Waals surface area contributed by atoms with Crippen molar-refractivity contribution in [3.8, 4) is 0 Å². The maximum absolute atomic E-state index is 12.6. The van der Waals surface area contributed by atoms with Crippen LogP contribution in [0.1, 0.15) is 24.3 Å². The van der Waals surface area contributed by atoms with Gasteiger partial charge in [-0.25, -0.2) is 0 Å². The number of β-amino-alcohol motifs (C(OH)–C–C–N with tert-alkyl or cyclic N) is 1. The van der Waals surface area contributed by atoms with Gasteiger partial charge < -0.3 is 20.4 Å². The van der Waals surface area contributed by atoms with E-state index in [-0.39, 0.29) is 18.2 Å². The Hall–Kier alpha value is -1.92. The molecule has 1 aromatic rings. The molecular formula is C15H18N2O4. The van der Waals surface area contributed by atoms with Crippen molar-refractivity contribution in [1.29, 1.82) is 0 Å². The van der Waals surface area contributed by atoms with E-state index in [2.05, 4.69) is 5.32 Å². The second kappa shape index (κ2) is 5.46. The first kappa shape index (κ1) is 14.0. The monoisotopic (exact) mass is 290 g/mol. The van der Waals surface area contributed by atoms with Crippen LogP contribution >= 0.6 is 0 Å². The van der Waals surface area contributed by atoms with Gasteiger partial charge in [0.05, 0.1) is 18.6 Å². The molecule has 1 fully saturated rings. The molecule has 0 spiro atoms. The summed E-state index contributed by atoms with van der Waals surface area (Å²) in [4.78, 5) is 25.2. The number of hydrogen-bond donors (Lipinski definition) is 3. The van der Waals surface area contributed by atoms with E-state index in [1.807, 2.05) is 24.3 Å². The fraction of sp³-hybridized carbons (Fsp3) is 0.467. The standard InChI is InChI=1S/C15H18N2O4/c18-10-6-12(16-7-10)15(21)17-8-9(5-14(19)20)11-3-1-2-4-13(11)17/h1-4,9-10,12,16,18H,5-8H2,(H,19,20). The number of rotatable bonds is 3. The second-order valence-electron chi connectivity index (χ2n) is 5.65.